The van der Waals surface area contributed by atoms with Crippen molar-refractivity contribution >= 4 is 27.4 Å². The van der Waals surface area contributed by atoms with Crippen molar-refractivity contribution in [3.8, 4) is 0 Å². The van der Waals surface area contributed by atoms with E-state index in [1.54, 1.807) is 11.3 Å². The number of hydrogen-bond acceptors (Lipinski definition) is 4. The zero-order valence-corrected chi connectivity index (χ0v) is 11.1. The molecule has 2 aromatic rings. The Kier molecular flexibility index (Phi) is 2.54. The van der Waals surface area contributed by atoms with Crippen LogP contribution in [-0.4, -0.2) is 15.5 Å². The highest BCUT2D eigenvalue weighted by Gasteiger charge is 2.32. The van der Waals surface area contributed by atoms with Gasteiger partial charge in [0.25, 0.3) is 0 Å². The van der Waals surface area contributed by atoms with E-state index in [-0.39, 0.29) is 5.54 Å². The van der Waals surface area contributed by atoms with Crippen LogP contribution in [0.4, 0.5) is 5.82 Å². The number of aryl methyl sites for hydroxylation is 1. The summed E-state index contributed by atoms with van der Waals surface area (Å²) in [6.45, 7) is 4.38. The molecule has 0 bridgehead atoms. The van der Waals surface area contributed by atoms with Gasteiger partial charge in [0, 0.05) is 12.0 Å². The molecular weight excluding hydrogens is 230 g/mol. The predicted molar refractivity (Wildman–Crippen MR) is 72.7 cm³/mol. The van der Waals surface area contributed by atoms with Gasteiger partial charge in [-0.2, -0.15) is 0 Å². The van der Waals surface area contributed by atoms with Gasteiger partial charge in [-0.25, -0.2) is 9.97 Å². The van der Waals surface area contributed by atoms with E-state index in [9.17, 15) is 0 Å². The highest BCUT2D eigenvalue weighted by atomic mass is 32.1. The van der Waals surface area contributed by atoms with E-state index in [2.05, 4.69) is 40.6 Å². The molecule has 0 aliphatic heterocycles. The first-order valence-corrected chi connectivity index (χ1v) is 7.10. The third-order valence-electron chi connectivity index (χ3n) is 3.56. The zero-order chi connectivity index (χ0) is 11.9. The topological polar surface area (TPSA) is 37.8 Å². The van der Waals surface area contributed by atoms with Crippen molar-refractivity contribution in [3.05, 3.63) is 17.3 Å². The molecule has 0 amide bonds. The number of aromatic nitrogens is 2. The van der Waals surface area contributed by atoms with Gasteiger partial charge >= 0.3 is 0 Å². The van der Waals surface area contributed by atoms with Crippen molar-refractivity contribution in [3.63, 3.8) is 0 Å². The molecule has 1 aliphatic carbocycles. The van der Waals surface area contributed by atoms with Crippen LogP contribution in [0, 0.1) is 0 Å². The Hall–Kier alpha value is -1.16. The molecule has 0 saturated heterocycles. The molecule has 3 rings (SSSR count). The van der Waals surface area contributed by atoms with Crippen LogP contribution in [-0.2, 0) is 6.42 Å². The van der Waals surface area contributed by atoms with E-state index >= 15 is 0 Å². The summed E-state index contributed by atoms with van der Waals surface area (Å²) in [5, 5.41) is 6.87. The van der Waals surface area contributed by atoms with Crippen molar-refractivity contribution in [2.45, 2.75) is 45.1 Å². The summed E-state index contributed by atoms with van der Waals surface area (Å²) in [6.07, 6.45) is 4.69. The SMILES string of the molecule is CCc1nc(NC2(C)CCC2)c2ccsc2n1. The lowest BCUT2D eigenvalue weighted by Gasteiger charge is -2.39. The summed E-state index contributed by atoms with van der Waals surface area (Å²) in [5.41, 5.74) is 0.244. The lowest BCUT2D eigenvalue weighted by atomic mass is 9.78. The zero-order valence-electron chi connectivity index (χ0n) is 10.3. The first kappa shape index (κ1) is 11.0. The molecule has 1 N–H and O–H groups in total. The minimum absolute atomic E-state index is 0.244. The molecule has 17 heavy (non-hydrogen) atoms. The standard InChI is InChI=1S/C13H17N3S/c1-3-10-14-11(16-13(2)6-4-7-13)9-5-8-17-12(9)15-10/h5,8H,3-4,6-7H2,1-2H3,(H,14,15,16). The highest BCUT2D eigenvalue weighted by molar-refractivity contribution is 7.16. The molecule has 3 nitrogen and oxygen atoms in total. The maximum atomic E-state index is 4.64. The lowest BCUT2D eigenvalue weighted by molar-refractivity contribution is 0.306. The second-order valence-electron chi connectivity index (χ2n) is 5.02. The van der Waals surface area contributed by atoms with Gasteiger partial charge in [0.1, 0.15) is 16.5 Å². The first-order valence-electron chi connectivity index (χ1n) is 6.22. The fraction of sp³-hybridized carbons (Fsp3) is 0.538. The normalized spacial score (nSPS) is 18.0. The van der Waals surface area contributed by atoms with Crippen LogP contribution in [0.3, 0.4) is 0 Å². The van der Waals surface area contributed by atoms with Gasteiger partial charge in [-0.15, -0.1) is 11.3 Å². The minimum Gasteiger partial charge on any atom is -0.364 e. The molecule has 0 unspecified atom stereocenters. The van der Waals surface area contributed by atoms with Gasteiger partial charge in [-0.3, -0.25) is 0 Å². The Balaban J connectivity index is 2.03. The van der Waals surface area contributed by atoms with Crippen molar-refractivity contribution in [1.29, 1.82) is 0 Å². The van der Waals surface area contributed by atoms with Crippen LogP contribution in [0.25, 0.3) is 10.2 Å². The van der Waals surface area contributed by atoms with Gasteiger partial charge in [-0.05, 0) is 37.6 Å². The molecule has 0 atom stereocenters. The quantitative estimate of drug-likeness (QED) is 0.900. The Morgan fingerprint density at radius 3 is 2.88 bits per heavy atom. The molecule has 1 saturated carbocycles. The summed E-state index contributed by atoms with van der Waals surface area (Å²) in [5.74, 6) is 1.96. The summed E-state index contributed by atoms with van der Waals surface area (Å²) in [6, 6.07) is 2.11. The van der Waals surface area contributed by atoms with Crippen molar-refractivity contribution in [2.24, 2.45) is 0 Å². The van der Waals surface area contributed by atoms with E-state index in [4.69, 9.17) is 0 Å². The minimum atomic E-state index is 0.244. The molecule has 1 aliphatic rings. The van der Waals surface area contributed by atoms with Gasteiger partial charge in [0.15, 0.2) is 0 Å². The average Bonchev–Trinajstić information content (AvgIpc) is 2.75. The van der Waals surface area contributed by atoms with Crippen LogP contribution < -0.4 is 5.32 Å². The summed E-state index contributed by atoms with van der Waals surface area (Å²) in [7, 11) is 0. The fourth-order valence-corrected chi connectivity index (χ4v) is 3.05. The van der Waals surface area contributed by atoms with Gasteiger partial charge in [-0.1, -0.05) is 6.92 Å². The van der Waals surface area contributed by atoms with Crippen molar-refractivity contribution in [1.82, 2.24) is 9.97 Å². The molecule has 90 valence electrons. The lowest BCUT2D eigenvalue weighted by Crippen LogP contribution is -2.42. The van der Waals surface area contributed by atoms with Crippen molar-refractivity contribution < 1.29 is 0 Å². The van der Waals surface area contributed by atoms with Crippen LogP contribution in [0.5, 0.6) is 0 Å². The molecule has 4 heteroatoms. The van der Waals surface area contributed by atoms with Crippen LogP contribution in [0.2, 0.25) is 0 Å². The van der Waals surface area contributed by atoms with Crippen LogP contribution >= 0.6 is 11.3 Å². The molecule has 0 radical (unpaired) electrons. The summed E-state index contributed by atoms with van der Waals surface area (Å²) in [4.78, 5) is 10.3. The largest absolute Gasteiger partial charge is 0.364 e. The Morgan fingerprint density at radius 1 is 1.41 bits per heavy atom. The van der Waals surface area contributed by atoms with E-state index in [1.807, 2.05) is 0 Å². The van der Waals surface area contributed by atoms with E-state index in [0.29, 0.717) is 0 Å². The predicted octanol–water partition coefficient (Wildman–Crippen LogP) is 3.61. The number of nitrogens with one attached hydrogen (secondary N) is 1. The number of thiophene rings is 1. The smallest absolute Gasteiger partial charge is 0.138 e. The molecular formula is C13H17N3S. The first-order chi connectivity index (χ1) is 8.20. The third kappa shape index (κ3) is 1.90. The molecule has 2 aromatic heterocycles. The number of fused-ring (bicyclic) bond motifs is 1. The highest BCUT2D eigenvalue weighted by Crippen LogP contribution is 2.36. The monoisotopic (exact) mass is 247 g/mol. The molecule has 1 fully saturated rings. The number of nitrogens with zero attached hydrogens (tertiary/aromatic N) is 2. The van der Waals surface area contributed by atoms with Gasteiger partial charge in [0.2, 0.25) is 0 Å². The summed E-state index contributed by atoms with van der Waals surface area (Å²) >= 11 is 1.69. The second kappa shape index (κ2) is 3.95. The Morgan fingerprint density at radius 2 is 2.24 bits per heavy atom. The number of hydrogen-bond donors (Lipinski definition) is 1. The maximum Gasteiger partial charge on any atom is 0.138 e. The van der Waals surface area contributed by atoms with Crippen LogP contribution in [0.15, 0.2) is 11.4 Å². The van der Waals surface area contributed by atoms with Crippen molar-refractivity contribution in [2.75, 3.05) is 5.32 Å². The van der Waals surface area contributed by atoms with Gasteiger partial charge in [0.05, 0.1) is 5.39 Å². The Labute approximate surface area is 105 Å². The molecule has 0 aromatic carbocycles. The third-order valence-corrected chi connectivity index (χ3v) is 4.37. The second-order valence-corrected chi connectivity index (χ2v) is 5.92. The number of rotatable bonds is 3. The average molecular weight is 247 g/mol. The van der Waals surface area contributed by atoms with E-state index in [0.717, 1.165) is 22.9 Å². The Bertz CT molecular complexity index is 543. The number of anilines is 1. The molecule has 0 spiro atoms. The van der Waals surface area contributed by atoms with E-state index < -0.39 is 0 Å². The van der Waals surface area contributed by atoms with E-state index in [1.165, 1.54) is 24.6 Å². The van der Waals surface area contributed by atoms with Gasteiger partial charge < -0.3 is 5.32 Å². The summed E-state index contributed by atoms with van der Waals surface area (Å²) < 4.78 is 0. The molecule has 2 heterocycles. The fourth-order valence-electron chi connectivity index (χ4n) is 2.27. The van der Waals surface area contributed by atoms with Crippen LogP contribution in [0.1, 0.15) is 38.9 Å². The maximum absolute atomic E-state index is 4.64.